The molecule has 0 aromatic heterocycles. The van der Waals surface area contributed by atoms with E-state index in [1.807, 2.05) is 6.26 Å². The smallest absolute Gasteiger partial charge is 0.327 e. The number of rotatable bonds is 19. The van der Waals surface area contributed by atoms with Crippen molar-refractivity contribution < 1.29 is 24.3 Å². The van der Waals surface area contributed by atoms with Gasteiger partial charge in [-0.3, -0.25) is 19.4 Å². The largest absolute Gasteiger partial charge is 0.480 e. The number of carboxylic acids is 1. The number of hydrogen-bond donors (Lipinski definition) is 9. The molecule has 202 valence electrons. The van der Waals surface area contributed by atoms with Gasteiger partial charge in [0.2, 0.25) is 17.7 Å². The second-order valence-corrected chi connectivity index (χ2v) is 9.18. The fourth-order valence-electron chi connectivity index (χ4n) is 2.92. The number of guanidine groups is 1. The van der Waals surface area contributed by atoms with Crippen molar-refractivity contribution >= 4 is 54.0 Å². The molecule has 12 N–H and O–H groups in total. The number of nitrogens with zero attached hydrogens (tertiary/aromatic N) is 1. The molecule has 0 aromatic rings. The summed E-state index contributed by atoms with van der Waals surface area (Å²) < 4.78 is 0. The highest BCUT2D eigenvalue weighted by molar-refractivity contribution is 7.98. The van der Waals surface area contributed by atoms with E-state index < -0.39 is 47.9 Å². The summed E-state index contributed by atoms with van der Waals surface area (Å²) in [5.74, 6) is -2.59. The van der Waals surface area contributed by atoms with Gasteiger partial charge in [-0.15, -0.1) is 0 Å². The molecule has 3 amide bonds. The third-order valence-electron chi connectivity index (χ3n) is 4.93. The van der Waals surface area contributed by atoms with Gasteiger partial charge in [-0.05, 0) is 57.1 Å². The molecule has 35 heavy (non-hydrogen) atoms. The first-order valence-electron chi connectivity index (χ1n) is 11.3. The lowest BCUT2D eigenvalue weighted by Gasteiger charge is -2.25. The minimum absolute atomic E-state index is 0.114. The van der Waals surface area contributed by atoms with Crippen LogP contribution < -0.4 is 38.9 Å². The monoisotopic (exact) mass is 536 g/mol. The van der Waals surface area contributed by atoms with Crippen LogP contribution in [-0.2, 0) is 19.2 Å². The fraction of sp³-hybridized carbons (Fsp3) is 0.750. The Hall–Kier alpha value is -2.23. The Labute approximate surface area is 215 Å². The molecule has 0 aromatic carbocycles. The van der Waals surface area contributed by atoms with E-state index in [-0.39, 0.29) is 24.7 Å². The lowest BCUT2D eigenvalue weighted by Crippen LogP contribution is -2.57. The predicted octanol–water partition coefficient (Wildman–Crippen LogP) is -2.28. The van der Waals surface area contributed by atoms with Gasteiger partial charge in [0.1, 0.15) is 18.1 Å². The number of carbonyl (C=O) groups is 4. The van der Waals surface area contributed by atoms with Crippen LogP contribution in [-0.4, -0.2) is 89.8 Å². The van der Waals surface area contributed by atoms with Gasteiger partial charge in [0.15, 0.2) is 5.96 Å². The molecule has 0 radical (unpaired) electrons. The summed E-state index contributed by atoms with van der Waals surface area (Å²) in [6.07, 6.45) is 4.30. The molecule has 0 saturated heterocycles. The van der Waals surface area contributed by atoms with Crippen molar-refractivity contribution in [3.05, 3.63) is 0 Å². The van der Waals surface area contributed by atoms with E-state index in [4.69, 9.17) is 22.9 Å². The Morgan fingerprint density at radius 2 is 1.46 bits per heavy atom. The Morgan fingerprint density at radius 3 is 1.94 bits per heavy atom. The summed E-state index contributed by atoms with van der Waals surface area (Å²) in [7, 11) is 0. The molecule has 0 spiro atoms. The molecule has 0 heterocycles. The van der Waals surface area contributed by atoms with Crippen LogP contribution in [0.15, 0.2) is 4.99 Å². The zero-order valence-corrected chi connectivity index (χ0v) is 21.8. The number of amides is 3. The Morgan fingerprint density at radius 1 is 0.914 bits per heavy atom. The van der Waals surface area contributed by atoms with Crippen LogP contribution in [0, 0.1) is 0 Å². The third kappa shape index (κ3) is 14.7. The molecule has 0 fully saturated rings. The van der Waals surface area contributed by atoms with Crippen molar-refractivity contribution in [2.45, 2.75) is 62.7 Å². The van der Waals surface area contributed by atoms with E-state index in [2.05, 4.69) is 33.6 Å². The first-order valence-corrected chi connectivity index (χ1v) is 13.3. The summed E-state index contributed by atoms with van der Waals surface area (Å²) >= 11 is 5.49. The van der Waals surface area contributed by atoms with Crippen molar-refractivity contribution in [2.24, 2.45) is 27.9 Å². The van der Waals surface area contributed by atoms with Crippen LogP contribution in [0.3, 0.4) is 0 Å². The van der Waals surface area contributed by atoms with E-state index in [1.165, 1.54) is 0 Å². The minimum Gasteiger partial charge on any atom is -0.480 e. The normalized spacial score (nSPS) is 14.2. The second kappa shape index (κ2) is 19.0. The Balaban J connectivity index is 5.49. The number of carboxylic acid groups (broad SMARTS) is 1. The number of carbonyl (C=O) groups excluding carboxylic acids is 3. The van der Waals surface area contributed by atoms with Gasteiger partial charge in [0.05, 0.1) is 6.04 Å². The van der Waals surface area contributed by atoms with E-state index in [9.17, 15) is 24.3 Å². The summed E-state index contributed by atoms with van der Waals surface area (Å²) in [6, 6.07) is -4.05. The van der Waals surface area contributed by atoms with Crippen LogP contribution in [0.2, 0.25) is 0 Å². The number of aliphatic carboxylic acids is 1. The molecule has 13 nitrogen and oxygen atoms in total. The zero-order chi connectivity index (χ0) is 26.8. The quantitative estimate of drug-likeness (QED) is 0.0370. The topological polar surface area (TPSA) is 241 Å². The van der Waals surface area contributed by atoms with Gasteiger partial charge >= 0.3 is 5.97 Å². The molecule has 0 rings (SSSR count). The Bertz CT molecular complexity index is 709. The number of nitrogens with two attached hydrogens (primary N) is 4. The SMILES string of the molecule is CSCCC(N)C(=O)NC(CCCCN)C(=O)NC(CCCN=C(N)N)C(=O)NC(CS)C(=O)O. The van der Waals surface area contributed by atoms with Crippen molar-refractivity contribution in [2.75, 3.05) is 30.9 Å². The van der Waals surface area contributed by atoms with Crippen molar-refractivity contribution in [1.29, 1.82) is 0 Å². The van der Waals surface area contributed by atoms with E-state index in [0.717, 1.165) is 0 Å². The fourth-order valence-corrected chi connectivity index (χ4v) is 3.66. The molecule has 4 atom stereocenters. The van der Waals surface area contributed by atoms with E-state index in [1.54, 1.807) is 11.8 Å². The number of nitrogens with one attached hydrogen (secondary N) is 3. The first kappa shape index (κ1) is 32.8. The Kier molecular flexibility index (Phi) is 17.8. The van der Waals surface area contributed by atoms with E-state index in [0.29, 0.717) is 44.4 Å². The zero-order valence-electron chi connectivity index (χ0n) is 20.1. The van der Waals surface area contributed by atoms with Gasteiger partial charge in [-0.1, -0.05) is 0 Å². The standard InChI is InChI=1S/C20H40N8O5S2/c1-35-10-7-12(22)16(29)26-13(5-2-3-8-21)17(30)27-14(6-4-9-25-20(23)24)18(31)28-15(11-34)19(32)33/h12-15,34H,2-11,21-22H2,1H3,(H,26,29)(H,27,30)(H,28,31)(H,32,33)(H4,23,24,25). The van der Waals surface area contributed by atoms with Crippen LogP contribution in [0.5, 0.6) is 0 Å². The molecule has 0 aliphatic carbocycles. The molecule has 0 saturated carbocycles. The van der Waals surface area contributed by atoms with Crippen LogP contribution in [0.25, 0.3) is 0 Å². The van der Waals surface area contributed by atoms with Crippen LogP contribution in [0.4, 0.5) is 0 Å². The van der Waals surface area contributed by atoms with Gasteiger partial charge in [-0.25, -0.2) is 4.79 Å². The maximum Gasteiger partial charge on any atom is 0.327 e. The highest BCUT2D eigenvalue weighted by Gasteiger charge is 2.29. The molecule has 0 aliphatic heterocycles. The maximum absolute atomic E-state index is 13.1. The minimum atomic E-state index is -1.26. The molecular weight excluding hydrogens is 496 g/mol. The highest BCUT2D eigenvalue weighted by atomic mass is 32.2. The number of thiol groups is 1. The third-order valence-corrected chi connectivity index (χ3v) is 5.93. The van der Waals surface area contributed by atoms with Gasteiger partial charge in [0, 0.05) is 12.3 Å². The van der Waals surface area contributed by atoms with Gasteiger partial charge in [0.25, 0.3) is 0 Å². The number of aliphatic imine (C=N–C) groups is 1. The molecule has 4 unspecified atom stereocenters. The number of unbranched alkanes of at least 4 members (excludes halogenated alkanes) is 1. The average molecular weight is 537 g/mol. The lowest BCUT2D eigenvalue weighted by atomic mass is 10.1. The summed E-state index contributed by atoms with van der Waals surface area (Å²) in [4.78, 5) is 53.5. The highest BCUT2D eigenvalue weighted by Crippen LogP contribution is 2.07. The van der Waals surface area contributed by atoms with Crippen LogP contribution in [0.1, 0.15) is 38.5 Å². The first-order chi connectivity index (χ1) is 16.6. The number of hydrogen-bond acceptors (Lipinski definition) is 9. The van der Waals surface area contributed by atoms with Crippen molar-refractivity contribution in [3.63, 3.8) is 0 Å². The van der Waals surface area contributed by atoms with Crippen molar-refractivity contribution in [3.8, 4) is 0 Å². The van der Waals surface area contributed by atoms with Crippen LogP contribution >= 0.6 is 24.4 Å². The molecule has 0 bridgehead atoms. The molecule has 15 heteroatoms. The lowest BCUT2D eigenvalue weighted by molar-refractivity contribution is -0.141. The molecule has 0 aliphatic rings. The van der Waals surface area contributed by atoms with Gasteiger partial charge < -0.3 is 44.0 Å². The molecular formula is C20H40N8O5S2. The van der Waals surface area contributed by atoms with Crippen molar-refractivity contribution in [1.82, 2.24) is 16.0 Å². The maximum atomic E-state index is 13.1. The second-order valence-electron chi connectivity index (χ2n) is 7.83. The van der Waals surface area contributed by atoms with Gasteiger partial charge in [-0.2, -0.15) is 24.4 Å². The average Bonchev–Trinajstić information content (AvgIpc) is 2.81. The predicted molar refractivity (Wildman–Crippen MR) is 141 cm³/mol. The summed E-state index contributed by atoms with van der Waals surface area (Å²) in [5, 5.41) is 16.8. The van der Waals surface area contributed by atoms with E-state index >= 15 is 0 Å². The summed E-state index contributed by atoms with van der Waals surface area (Å²) in [5.41, 5.74) is 22.1. The summed E-state index contributed by atoms with van der Waals surface area (Å²) in [6.45, 7) is 0.628. The number of thioether (sulfide) groups is 1.